The first-order valence-electron chi connectivity index (χ1n) is 9.14. The van der Waals surface area contributed by atoms with Crippen molar-refractivity contribution < 1.29 is 22.8 Å². The van der Waals surface area contributed by atoms with E-state index in [9.17, 15) is 22.8 Å². The third-order valence-electron chi connectivity index (χ3n) is 5.11. The van der Waals surface area contributed by atoms with Crippen molar-refractivity contribution in [2.75, 3.05) is 32.4 Å². The van der Waals surface area contributed by atoms with E-state index in [1.165, 1.54) is 4.90 Å². The van der Waals surface area contributed by atoms with Crippen LogP contribution in [0.15, 0.2) is 18.3 Å². The van der Waals surface area contributed by atoms with E-state index in [0.717, 1.165) is 17.0 Å². The predicted octanol–water partition coefficient (Wildman–Crippen LogP) is -1.49. The van der Waals surface area contributed by atoms with Crippen molar-refractivity contribution in [1.82, 2.24) is 24.4 Å². The summed E-state index contributed by atoms with van der Waals surface area (Å²) in [5.41, 5.74) is 0.457. The Labute approximate surface area is 163 Å². The number of sulfonamides is 1. The number of hydrogen-bond acceptors (Lipinski definition) is 5. The Balaban J connectivity index is 1.79. The summed E-state index contributed by atoms with van der Waals surface area (Å²) in [6.07, 6.45) is 4.01. The summed E-state index contributed by atoms with van der Waals surface area (Å²) in [6.45, 7) is 0.690. The van der Waals surface area contributed by atoms with Gasteiger partial charge in [-0.2, -0.15) is 4.31 Å². The van der Waals surface area contributed by atoms with Crippen molar-refractivity contribution in [2.24, 2.45) is 7.05 Å². The van der Waals surface area contributed by atoms with Crippen LogP contribution in [0.2, 0.25) is 0 Å². The van der Waals surface area contributed by atoms with Crippen LogP contribution in [0.25, 0.3) is 0 Å². The van der Waals surface area contributed by atoms with Gasteiger partial charge < -0.3 is 20.1 Å². The average Bonchev–Trinajstić information content (AvgIpc) is 3.07. The van der Waals surface area contributed by atoms with Gasteiger partial charge in [0.25, 0.3) is 5.91 Å². The van der Waals surface area contributed by atoms with Gasteiger partial charge in [-0.3, -0.25) is 14.4 Å². The quantitative estimate of drug-likeness (QED) is 0.625. The monoisotopic (exact) mass is 411 g/mol. The van der Waals surface area contributed by atoms with Gasteiger partial charge in [-0.25, -0.2) is 8.42 Å². The maximum atomic E-state index is 12.9. The molecular weight excluding hydrogens is 386 g/mol. The lowest BCUT2D eigenvalue weighted by Crippen LogP contribution is -2.63. The number of piperazine rings is 1. The van der Waals surface area contributed by atoms with E-state index in [1.54, 1.807) is 29.9 Å². The maximum absolute atomic E-state index is 12.9. The molecule has 28 heavy (non-hydrogen) atoms. The number of nitrogens with zero attached hydrogens (tertiary/aromatic N) is 3. The van der Waals surface area contributed by atoms with E-state index in [2.05, 4.69) is 10.6 Å². The number of aromatic nitrogens is 1. The summed E-state index contributed by atoms with van der Waals surface area (Å²) in [6, 6.07) is 1.64. The van der Waals surface area contributed by atoms with Gasteiger partial charge in [0.15, 0.2) is 0 Å². The number of carbonyl (C=O) groups excluding carboxylic acids is 3. The number of nitrogens with one attached hydrogen (secondary N) is 2. The summed E-state index contributed by atoms with van der Waals surface area (Å²) in [5.74, 6) is -1.12. The molecule has 2 fully saturated rings. The van der Waals surface area contributed by atoms with E-state index in [0.29, 0.717) is 18.7 Å². The highest BCUT2D eigenvalue weighted by atomic mass is 32.2. The number of carbonyl (C=O) groups is 3. The van der Waals surface area contributed by atoms with Crippen molar-refractivity contribution in [3.63, 3.8) is 0 Å². The SMILES string of the molecule is Cn1cccc1C(=O)N1CCN(S(C)(=O)=O)[C@H](C(=O)N[C@@H]2CCCNC2=O)C1. The second-order valence-electron chi connectivity index (χ2n) is 7.14. The zero-order valence-corrected chi connectivity index (χ0v) is 16.7. The summed E-state index contributed by atoms with van der Waals surface area (Å²) >= 11 is 0. The van der Waals surface area contributed by atoms with Crippen molar-refractivity contribution in [1.29, 1.82) is 0 Å². The molecule has 10 nitrogen and oxygen atoms in total. The van der Waals surface area contributed by atoms with Crippen LogP contribution in [0, 0.1) is 0 Å². The molecule has 11 heteroatoms. The van der Waals surface area contributed by atoms with Gasteiger partial charge in [-0.05, 0) is 25.0 Å². The van der Waals surface area contributed by atoms with Gasteiger partial charge in [0.2, 0.25) is 21.8 Å². The smallest absolute Gasteiger partial charge is 0.270 e. The van der Waals surface area contributed by atoms with Crippen LogP contribution in [0.3, 0.4) is 0 Å². The van der Waals surface area contributed by atoms with Gasteiger partial charge in [0, 0.05) is 39.4 Å². The lowest BCUT2D eigenvalue weighted by Gasteiger charge is -2.39. The minimum Gasteiger partial charge on any atom is -0.354 e. The summed E-state index contributed by atoms with van der Waals surface area (Å²) < 4.78 is 27.1. The highest BCUT2D eigenvalue weighted by Gasteiger charge is 2.40. The molecule has 0 radical (unpaired) electrons. The number of hydrogen-bond donors (Lipinski definition) is 2. The molecule has 2 atom stereocenters. The topological polar surface area (TPSA) is 121 Å². The molecular formula is C17H25N5O5S. The Morgan fingerprint density at radius 3 is 2.64 bits per heavy atom. The van der Waals surface area contributed by atoms with E-state index in [1.807, 2.05) is 0 Å². The van der Waals surface area contributed by atoms with Crippen molar-refractivity contribution in [3.8, 4) is 0 Å². The molecule has 1 aromatic heterocycles. The first kappa shape index (κ1) is 20.3. The Kier molecular flexibility index (Phi) is 5.75. The highest BCUT2D eigenvalue weighted by Crippen LogP contribution is 2.17. The predicted molar refractivity (Wildman–Crippen MR) is 101 cm³/mol. The van der Waals surface area contributed by atoms with E-state index >= 15 is 0 Å². The van der Waals surface area contributed by atoms with Crippen LogP contribution in [-0.2, 0) is 26.7 Å². The first-order chi connectivity index (χ1) is 13.2. The minimum atomic E-state index is -3.66. The fraction of sp³-hybridized carbons (Fsp3) is 0.588. The van der Waals surface area contributed by atoms with Crippen LogP contribution in [0.5, 0.6) is 0 Å². The Morgan fingerprint density at radius 2 is 2.04 bits per heavy atom. The molecule has 154 valence electrons. The number of piperidine rings is 1. The largest absolute Gasteiger partial charge is 0.354 e. The molecule has 3 rings (SSSR count). The minimum absolute atomic E-state index is 0.0178. The molecule has 0 aliphatic carbocycles. The fourth-order valence-corrected chi connectivity index (χ4v) is 4.62. The number of aryl methyl sites for hydroxylation is 1. The molecule has 0 unspecified atom stereocenters. The zero-order valence-electron chi connectivity index (χ0n) is 15.9. The van der Waals surface area contributed by atoms with Gasteiger partial charge in [0.05, 0.1) is 6.26 Å². The van der Waals surface area contributed by atoms with Crippen LogP contribution in [0.1, 0.15) is 23.3 Å². The summed E-state index contributed by atoms with van der Waals surface area (Å²) in [5, 5.41) is 5.33. The molecule has 2 N–H and O–H groups in total. The molecule has 2 aliphatic rings. The molecule has 3 amide bonds. The van der Waals surface area contributed by atoms with Crippen molar-refractivity contribution >= 4 is 27.7 Å². The van der Waals surface area contributed by atoms with Crippen molar-refractivity contribution in [3.05, 3.63) is 24.0 Å². The van der Waals surface area contributed by atoms with E-state index < -0.39 is 28.0 Å². The number of rotatable bonds is 4. The Hall–Kier alpha value is -2.40. The lowest BCUT2D eigenvalue weighted by atomic mass is 10.1. The molecule has 0 bridgehead atoms. The molecule has 0 aromatic carbocycles. The molecule has 0 spiro atoms. The number of amides is 3. The fourth-order valence-electron chi connectivity index (χ4n) is 3.58. The second kappa shape index (κ2) is 7.92. The standard InChI is InChI=1S/C17H25N5O5S/c1-20-8-4-6-13(20)17(25)21-9-10-22(28(2,26)27)14(11-21)16(24)19-12-5-3-7-18-15(12)23/h4,6,8,12,14H,3,5,7,9-11H2,1-2H3,(H,18,23)(H,19,24)/t12-,14+/m1/s1. The van der Waals surface area contributed by atoms with E-state index in [4.69, 9.17) is 0 Å². The summed E-state index contributed by atoms with van der Waals surface area (Å²) in [7, 11) is -1.91. The van der Waals surface area contributed by atoms with Crippen LogP contribution in [-0.4, -0.2) is 84.4 Å². The third-order valence-corrected chi connectivity index (χ3v) is 6.40. The van der Waals surface area contributed by atoms with Crippen LogP contribution >= 0.6 is 0 Å². The van der Waals surface area contributed by atoms with Crippen molar-refractivity contribution in [2.45, 2.75) is 24.9 Å². The molecule has 2 saturated heterocycles. The van der Waals surface area contributed by atoms with Crippen LogP contribution < -0.4 is 10.6 Å². The molecule has 2 aliphatic heterocycles. The maximum Gasteiger partial charge on any atom is 0.270 e. The lowest BCUT2D eigenvalue weighted by molar-refractivity contribution is -0.132. The Bertz CT molecular complexity index is 880. The van der Waals surface area contributed by atoms with Gasteiger partial charge >= 0.3 is 0 Å². The Morgan fingerprint density at radius 1 is 1.29 bits per heavy atom. The van der Waals surface area contributed by atoms with Gasteiger partial charge in [0.1, 0.15) is 17.8 Å². The van der Waals surface area contributed by atoms with E-state index in [-0.39, 0.29) is 31.4 Å². The first-order valence-corrected chi connectivity index (χ1v) is 11.0. The zero-order chi connectivity index (χ0) is 20.5. The molecule has 1 aromatic rings. The third kappa shape index (κ3) is 4.20. The average molecular weight is 411 g/mol. The van der Waals surface area contributed by atoms with Crippen LogP contribution in [0.4, 0.5) is 0 Å². The molecule has 0 saturated carbocycles. The summed E-state index contributed by atoms with van der Waals surface area (Å²) in [4.78, 5) is 39.0. The molecule has 3 heterocycles. The van der Waals surface area contributed by atoms with Gasteiger partial charge in [-0.15, -0.1) is 0 Å². The highest BCUT2D eigenvalue weighted by molar-refractivity contribution is 7.88. The second-order valence-corrected chi connectivity index (χ2v) is 9.07. The van der Waals surface area contributed by atoms with Gasteiger partial charge in [-0.1, -0.05) is 0 Å². The normalized spacial score (nSPS) is 23.9.